The van der Waals surface area contributed by atoms with Crippen LogP contribution in [0.4, 0.5) is 28.0 Å². The topological polar surface area (TPSA) is 118 Å². The van der Waals surface area contributed by atoms with Gasteiger partial charge in [-0.15, -0.1) is 0 Å². The third-order valence-electron chi connectivity index (χ3n) is 10.3. The van der Waals surface area contributed by atoms with Gasteiger partial charge in [-0.1, -0.05) is 26.8 Å². The van der Waals surface area contributed by atoms with E-state index in [9.17, 15) is 21.1 Å². The maximum absolute atomic E-state index is 16.8. The van der Waals surface area contributed by atoms with E-state index in [1.165, 1.54) is 12.1 Å². The fourth-order valence-corrected chi connectivity index (χ4v) is 9.83. The van der Waals surface area contributed by atoms with Crippen molar-refractivity contribution in [3.05, 3.63) is 34.9 Å². The Hall–Kier alpha value is -3.05. The Bertz CT molecular complexity index is 2040. The van der Waals surface area contributed by atoms with Gasteiger partial charge in [0.05, 0.1) is 20.8 Å². The molecule has 10 nitrogen and oxygen atoms in total. The first kappa shape index (κ1) is 31.2. The van der Waals surface area contributed by atoms with Gasteiger partial charge < -0.3 is 15.4 Å². The summed E-state index contributed by atoms with van der Waals surface area (Å²) in [7, 11) is -4.75. The van der Waals surface area contributed by atoms with Gasteiger partial charge in [-0.3, -0.25) is 4.90 Å². The van der Waals surface area contributed by atoms with Crippen LogP contribution in [0.25, 0.3) is 32.2 Å². The summed E-state index contributed by atoms with van der Waals surface area (Å²) >= 11 is 7.71. The zero-order valence-corrected chi connectivity index (χ0v) is 27.4. The van der Waals surface area contributed by atoms with Crippen molar-refractivity contribution >= 4 is 65.4 Å². The van der Waals surface area contributed by atoms with E-state index >= 15 is 4.39 Å². The molecule has 4 saturated heterocycles. The standard InChI is InChI=1S/C30H30ClF4N7O3S2/c31-19-10-18-23(22(34)21(19)17-2-3-20(33)25-24(17)37-27(36)46-25)38-28(45-15-30-4-1-7-41(30)12-16(32)11-30)39-26(18)40-8-5-29(6-9-40)13-42(14-29)47(35,43)44/h2-3,10,16H,1,4-9,11-15H2,(H2,36,37)/t16-,30+/m1/s1. The lowest BCUT2D eigenvalue weighted by Gasteiger charge is -2.52. The van der Waals surface area contributed by atoms with Gasteiger partial charge in [0, 0.05) is 61.1 Å². The second kappa shape index (κ2) is 11.0. The normalized spacial score (nSPS) is 24.8. The van der Waals surface area contributed by atoms with Crippen LogP contribution in [0.3, 0.4) is 0 Å². The Morgan fingerprint density at radius 3 is 2.60 bits per heavy atom. The molecule has 1 spiro atoms. The summed E-state index contributed by atoms with van der Waals surface area (Å²) in [5, 5.41) is 0.473. The molecule has 8 rings (SSSR count). The van der Waals surface area contributed by atoms with Gasteiger partial charge in [0.1, 0.15) is 29.9 Å². The van der Waals surface area contributed by atoms with Crippen molar-refractivity contribution < 1.29 is 30.2 Å². The Balaban J connectivity index is 1.19. The highest BCUT2D eigenvalue weighted by molar-refractivity contribution is 7.84. The lowest BCUT2D eigenvalue weighted by atomic mass is 9.73. The summed E-state index contributed by atoms with van der Waals surface area (Å²) in [6.45, 7) is 2.32. The highest BCUT2D eigenvalue weighted by Crippen LogP contribution is 2.46. The number of halogens is 5. The molecule has 0 aliphatic carbocycles. The van der Waals surface area contributed by atoms with Crippen LogP contribution < -0.4 is 15.4 Å². The van der Waals surface area contributed by atoms with Crippen LogP contribution >= 0.6 is 22.9 Å². The Kier molecular flexibility index (Phi) is 7.30. The lowest BCUT2D eigenvalue weighted by molar-refractivity contribution is 0.0400. The summed E-state index contributed by atoms with van der Waals surface area (Å²) in [5.74, 6) is -0.943. The molecule has 6 heterocycles. The number of aromatic nitrogens is 3. The summed E-state index contributed by atoms with van der Waals surface area (Å²) in [4.78, 5) is 17.5. The predicted octanol–water partition coefficient (Wildman–Crippen LogP) is 5.49. The molecule has 4 aliphatic rings. The number of thiazole rings is 1. The SMILES string of the molecule is Nc1nc2c(-c3c(Cl)cc4c(N5CCC6(CC5)CN(S(=O)(=O)F)C6)nc(OC[C@@]56CCCN5C[C@H](F)C6)nc4c3F)ccc(F)c2s1. The Morgan fingerprint density at radius 1 is 1.09 bits per heavy atom. The summed E-state index contributed by atoms with van der Waals surface area (Å²) in [6, 6.07) is 4.09. The maximum Gasteiger partial charge on any atom is 0.374 e. The Morgan fingerprint density at radius 2 is 1.85 bits per heavy atom. The second-order valence-corrected chi connectivity index (χ2v) is 15.9. The number of hydrogen-bond donors (Lipinski definition) is 1. The van der Waals surface area contributed by atoms with Crippen molar-refractivity contribution in [2.75, 3.05) is 56.5 Å². The number of ether oxygens (including phenoxy) is 1. The number of nitrogens with zero attached hydrogens (tertiary/aromatic N) is 6. The number of alkyl halides is 1. The van der Waals surface area contributed by atoms with Crippen LogP contribution in [0.2, 0.25) is 5.02 Å². The molecule has 0 saturated carbocycles. The molecule has 4 fully saturated rings. The van der Waals surface area contributed by atoms with Gasteiger partial charge in [0.25, 0.3) is 0 Å². The molecule has 2 aromatic carbocycles. The Labute approximate surface area is 276 Å². The zero-order valence-electron chi connectivity index (χ0n) is 25.0. The average molecular weight is 712 g/mol. The fraction of sp³-hybridized carbons (Fsp3) is 0.500. The van der Waals surface area contributed by atoms with Crippen LogP contribution in [0, 0.1) is 17.0 Å². The first-order valence-corrected chi connectivity index (χ1v) is 17.9. The molecule has 0 amide bonds. The van der Waals surface area contributed by atoms with Crippen LogP contribution in [-0.2, 0) is 10.4 Å². The summed E-state index contributed by atoms with van der Waals surface area (Å²) in [5.41, 5.74) is 5.36. The minimum atomic E-state index is -4.75. The van der Waals surface area contributed by atoms with Crippen LogP contribution in [0.5, 0.6) is 6.01 Å². The molecule has 0 radical (unpaired) electrons. The van der Waals surface area contributed by atoms with E-state index < -0.39 is 33.8 Å². The monoisotopic (exact) mass is 711 g/mol. The molecule has 0 bridgehead atoms. The minimum absolute atomic E-state index is 0.0266. The smallest absolute Gasteiger partial charge is 0.374 e. The number of nitrogens with two attached hydrogens (primary N) is 1. The highest BCUT2D eigenvalue weighted by atomic mass is 35.5. The molecule has 250 valence electrons. The van der Waals surface area contributed by atoms with Crippen molar-refractivity contribution in [2.24, 2.45) is 5.41 Å². The third-order valence-corrected chi connectivity index (χ3v) is 12.4. The molecule has 17 heteroatoms. The number of fused-ring (bicyclic) bond motifs is 3. The van der Waals surface area contributed by atoms with Crippen LogP contribution in [0.15, 0.2) is 18.2 Å². The van der Waals surface area contributed by atoms with E-state index in [1.807, 2.05) is 4.90 Å². The van der Waals surface area contributed by atoms with Gasteiger partial charge in [0.15, 0.2) is 10.9 Å². The van der Waals surface area contributed by atoms with Gasteiger partial charge in [-0.25, -0.2) is 18.2 Å². The predicted molar refractivity (Wildman–Crippen MR) is 172 cm³/mol. The molecular weight excluding hydrogens is 682 g/mol. The number of benzene rings is 2. The number of nitrogen functional groups attached to an aromatic ring is 1. The molecule has 0 unspecified atom stereocenters. The van der Waals surface area contributed by atoms with E-state index in [4.69, 9.17) is 27.1 Å². The highest BCUT2D eigenvalue weighted by Gasteiger charge is 2.51. The fourth-order valence-electron chi connectivity index (χ4n) is 7.92. The van der Waals surface area contributed by atoms with Crippen molar-refractivity contribution in [1.29, 1.82) is 0 Å². The molecule has 2 aromatic heterocycles. The van der Waals surface area contributed by atoms with Gasteiger partial charge in [-0.2, -0.15) is 22.7 Å². The number of anilines is 2. The van der Waals surface area contributed by atoms with Crippen molar-refractivity contribution in [2.45, 2.75) is 43.8 Å². The largest absolute Gasteiger partial charge is 0.461 e. The zero-order chi connectivity index (χ0) is 32.9. The van der Waals surface area contributed by atoms with Gasteiger partial charge in [0.2, 0.25) is 0 Å². The minimum Gasteiger partial charge on any atom is -0.461 e. The quantitative estimate of drug-likeness (QED) is 0.205. The number of rotatable bonds is 6. The average Bonchev–Trinajstić information content (AvgIpc) is 3.67. The molecule has 2 atom stereocenters. The van der Waals surface area contributed by atoms with Crippen molar-refractivity contribution in [1.82, 2.24) is 24.2 Å². The first-order chi connectivity index (χ1) is 22.3. The van der Waals surface area contributed by atoms with Crippen molar-refractivity contribution in [3.63, 3.8) is 0 Å². The third kappa shape index (κ3) is 5.18. The summed E-state index contributed by atoms with van der Waals surface area (Å²) in [6.07, 6.45) is 2.17. The molecular formula is C30H30ClF4N7O3S2. The van der Waals surface area contributed by atoms with Crippen LogP contribution in [0.1, 0.15) is 32.1 Å². The summed E-state index contributed by atoms with van der Waals surface area (Å²) < 4.78 is 89.3. The van der Waals surface area contributed by atoms with E-state index in [-0.39, 0.29) is 68.1 Å². The van der Waals surface area contributed by atoms with Crippen LogP contribution in [-0.4, -0.2) is 90.2 Å². The molecule has 47 heavy (non-hydrogen) atoms. The maximum atomic E-state index is 16.8. The first-order valence-electron chi connectivity index (χ1n) is 15.4. The number of piperidine rings is 1. The van der Waals surface area contributed by atoms with E-state index in [0.29, 0.717) is 50.1 Å². The van der Waals surface area contributed by atoms with E-state index in [0.717, 1.165) is 35.0 Å². The molecule has 4 aromatic rings. The van der Waals surface area contributed by atoms with Gasteiger partial charge in [-0.05, 0) is 50.4 Å². The molecule has 4 aliphatic heterocycles. The van der Waals surface area contributed by atoms with E-state index in [2.05, 4.69) is 14.9 Å². The van der Waals surface area contributed by atoms with Gasteiger partial charge >= 0.3 is 16.4 Å². The lowest BCUT2D eigenvalue weighted by Crippen LogP contribution is -2.61. The number of hydrogen-bond acceptors (Lipinski definition) is 10. The second-order valence-electron chi connectivity index (χ2n) is 13.2. The van der Waals surface area contributed by atoms with Crippen molar-refractivity contribution in [3.8, 4) is 17.1 Å². The molecule has 2 N–H and O–H groups in total. The van der Waals surface area contributed by atoms with E-state index in [1.54, 1.807) is 6.07 Å².